The number of aliphatic hydroxyl groups excluding tert-OH is 1. The summed E-state index contributed by atoms with van der Waals surface area (Å²) in [5.74, 6) is -1.93. The van der Waals surface area contributed by atoms with E-state index in [1.54, 1.807) is 0 Å². The van der Waals surface area contributed by atoms with Gasteiger partial charge in [-0.05, 0) is 27.6 Å². The van der Waals surface area contributed by atoms with Crippen molar-refractivity contribution in [2.45, 2.75) is 6.04 Å². The smallest absolute Gasteiger partial charge is 0.173 e. The molecule has 0 bridgehead atoms. The quantitative estimate of drug-likeness (QED) is 0.787. The van der Waals surface area contributed by atoms with Crippen molar-refractivity contribution in [1.29, 1.82) is 0 Å². The third-order valence-electron chi connectivity index (χ3n) is 1.66. The summed E-state index contributed by atoms with van der Waals surface area (Å²) in [6, 6.07) is 1.61. The summed E-state index contributed by atoms with van der Waals surface area (Å²) >= 11 is 2.87. The molecule has 0 fully saturated rings. The molecule has 1 rings (SSSR count). The van der Waals surface area contributed by atoms with Gasteiger partial charge in [-0.15, -0.1) is 0 Å². The Kier molecular flexibility index (Phi) is 3.35. The zero-order chi connectivity index (χ0) is 10.0. The summed E-state index contributed by atoms with van der Waals surface area (Å²) in [5.41, 5.74) is 5.79. The summed E-state index contributed by atoms with van der Waals surface area (Å²) in [6.45, 7) is -0.316. The topological polar surface area (TPSA) is 46.2 Å². The molecular weight excluding hydrogens is 244 g/mol. The monoisotopic (exact) mass is 251 g/mol. The molecule has 13 heavy (non-hydrogen) atoms. The molecular formula is C8H8BrF2NO. The van der Waals surface area contributed by atoms with Gasteiger partial charge in [0.05, 0.1) is 17.1 Å². The highest BCUT2D eigenvalue weighted by Gasteiger charge is 2.15. The van der Waals surface area contributed by atoms with Crippen molar-refractivity contribution < 1.29 is 13.9 Å². The first-order chi connectivity index (χ1) is 6.07. The van der Waals surface area contributed by atoms with Gasteiger partial charge >= 0.3 is 0 Å². The zero-order valence-electron chi connectivity index (χ0n) is 6.60. The maximum Gasteiger partial charge on any atom is 0.173 e. The minimum absolute atomic E-state index is 0.0333. The van der Waals surface area contributed by atoms with E-state index in [2.05, 4.69) is 15.9 Å². The molecule has 1 atom stereocenters. The standard InChI is InChI=1S/C8H8BrF2NO/c9-7-4(6(12)3-13)1-2-5(10)8(7)11/h1-2,6,13H,3,12H2. The highest BCUT2D eigenvalue weighted by atomic mass is 79.9. The first kappa shape index (κ1) is 10.6. The van der Waals surface area contributed by atoms with Crippen molar-refractivity contribution >= 4 is 15.9 Å². The van der Waals surface area contributed by atoms with Crippen LogP contribution in [0.4, 0.5) is 8.78 Å². The van der Waals surface area contributed by atoms with E-state index in [1.807, 2.05) is 0 Å². The average Bonchev–Trinajstić information content (AvgIpc) is 2.13. The fourth-order valence-corrected chi connectivity index (χ4v) is 1.54. The van der Waals surface area contributed by atoms with E-state index >= 15 is 0 Å². The minimum atomic E-state index is -0.985. The van der Waals surface area contributed by atoms with Crippen molar-refractivity contribution in [3.05, 3.63) is 33.8 Å². The van der Waals surface area contributed by atoms with Crippen molar-refractivity contribution in [3.8, 4) is 0 Å². The van der Waals surface area contributed by atoms with Crippen LogP contribution in [-0.2, 0) is 0 Å². The molecule has 1 unspecified atom stereocenters. The minimum Gasteiger partial charge on any atom is -0.394 e. The van der Waals surface area contributed by atoms with Crippen LogP contribution in [0.25, 0.3) is 0 Å². The molecule has 0 aliphatic carbocycles. The Morgan fingerprint density at radius 1 is 1.46 bits per heavy atom. The summed E-state index contributed by atoms with van der Waals surface area (Å²) < 4.78 is 25.5. The molecule has 1 aromatic rings. The fourth-order valence-electron chi connectivity index (χ4n) is 0.926. The van der Waals surface area contributed by atoms with Gasteiger partial charge in [-0.2, -0.15) is 0 Å². The molecule has 0 saturated carbocycles. The molecule has 0 amide bonds. The van der Waals surface area contributed by atoms with Crippen molar-refractivity contribution in [2.24, 2.45) is 5.73 Å². The normalized spacial score (nSPS) is 13.0. The SMILES string of the molecule is NC(CO)c1ccc(F)c(F)c1Br. The van der Waals surface area contributed by atoms with Gasteiger partial charge in [0.1, 0.15) is 0 Å². The molecule has 0 aliphatic heterocycles. The average molecular weight is 252 g/mol. The number of rotatable bonds is 2. The first-order valence-electron chi connectivity index (χ1n) is 3.57. The number of aliphatic hydroxyl groups is 1. The number of hydrogen-bond donors (Lipinski definition) is 2. The van der Waals surface area contributed by atoms with Crippen LogP contribution in [0, 0.1) is 11.6 Å². The van der Waals surface area contributed by atoms with Gasteiger partial charge in [-0.25, -0.2) is 8.78 Å². The highest BCUT2D eigenvalue weighted by Crippen LogP contribution is 2.26. The van der Waals surface area contributed by atoms with Crippen LogP contribution in [0.1, 0.15) is 11.6 Å². The van der Waals surface area contributed by atoms with Crippen LogP contribution < -0.4 is 5.73 Å². The number of halogens is 3. The predicted octanol–water partition coefficient (Wildman–Crippen LogP) is 1.72. The van der Waals surface area contributed by atoms with Gasteiger partial charge in [0.15, 0.2) is 11.6 Å². The Balaban J connectivity index is 3.18. The molecule has 2 nitrogen and oxygen atoms in total. The Hall–Kier alpha value is -0.520. The predicted molar refractivity (Wildman–Crippen MR) is 48.1 cm³/mol. The lowest BCUT2D eigenvalue weighted by Gasteiger charge is -2.11. The van der Waals surface area contributed by atoms with Crippen molar-refractivity contribution in [3.63, 3.8) is 0 Å². The Labute approximate surface area is 82.5 Å². The van der Waals surface area contributed by atoms with Crippen LogP contribution in [0.2, 0.25) is 0 Å². The van der Waals surface area contributed by atoms with E-state index < -0.39 is 17.7 Å². The Morgan fingerprint density at radius 3 is 2.62 bits per heavy atom. The lowest BCUT2D eigenvalue weighted by Crippen LogP contribution is -2.15. The lowest BCUT2D eigenvalue weighted by atomic mass is 10.1. The van der Waals surface area contributed by atoms with Crippen molar-refractivity contribution in [2.75, 3.05) is 6.61 Å². The molecule has 3 N–H and O–H groups in total. The van der Waals surface area contributed by atoms with E-state index in [1.165, 1.54) is 6.07 Å². The second-order valence-corrected chi connectivity index (χ2v) is 3.35. The molecule has 72 valence electrons. The van der Waals surface area contributed by atoms with Gasteiger partial charge in [0.25, 0.3) is 0 Å². The zero-order valence-corrected chi connectivity index (χ0v) is 8.18. The summed E-state index contributed by atoms with van der Waals surface area (Å²) in [4.78, 5) is 0. The molecule has 1 aromatic carbocycles. The maximum atomic E-state index is 12.9. The summed E-state index contributed by atoms with van der Waals surface area (Å²) in [5, 5.41) is 8.71. The van der Waals surface area contributed by atoms with Crippen LogP contribution in [0.3, 0.4) is 0 Å². The highest BCUT2D eigenvalue weighted by molar-refractivity contribution is 9.10. The van der Waals surface area contributed by atoms with Crippen LogP contribution in [-0.4, -0.2) is 11.7 Å². The number of nitrogens with two attached hydrogens (primary N) is 1. The first-order valence-corrected chi connectivity index (χ1v) is 4.37. The second-order valence-electron chi connectivity index (χ2n) is 2.55. The van der Waals surface area contributed by atoms with Gasteiger partial charge < -0.3 is 10.8 Å². The molecule has 0 heterocycles. The third-order valence-corrected chi connectivity index (χ3v) is 2.47. The number of benzene rings is 1. The third kappa shape index (κ3) is 2.04. The summed E-state index contributed by atoms with van der Waals surface area (Å²) in [6.07, 6.45) is 0. The molecule has 0 spiro atoms. The van der Waals surface area contributed by atoms with E-state index in [0.29, 0.717) is 5.56 Å². The van der Waals surface area contributed by atoms with E-state index in [-0.39, 0.29) is 11.1 Å². The fraction of sp³-hybridized carbons (Fsp3) is 0.250. The number of hydrogen-bond acceptors (Lipinski definition) is 2. The lowest BCUT2D eigenvalue weighted by molar-refractivity contribution is 0.267. The molecule has 5 heteroatoms. The van der Waals surface area contributed by atoms with Gasteiger partial charge in [0.2, 0.25) is 0 Å². The van der Waals surface area contributed by atoms with Crippen LogP contribution in [0.5, 0.6) is 0 Å². The summed E-state index contributed by atoms with van der Waals surface area (Å²) in [7, 11) is 0. The Morgan fingerprint density at radius 2 is 2.08 bits per heavy atom. The van der Waals surface area contributed by atoms with E-state index in [0.717, 1.165) is 6.07 Å². The molecule has 0 saturated heterocycles. The molecule has 0 aromatic heterocycles. The second kappa shape index (κ2) is 4.13. The molecule has 0 aliphatic rings. The molecule has 0 radical (unpaired) electrons. The van der Waals surface area contributed by atoms with E-state index in [9.17, 15) is 8.78 Å². The van der Waals surface area contributed by atoms with Gasteiger partial charge in [-0.3, -0.25) is 0 Å². The van der Waals surface area contributed by atoms with E-state index in [4.69, 9.17) is 10.8 Å². The van der Waals surface area contributed by atoms with Crippen molar-refractivity contribution in [1.82, 2.24) is 0 Å². The van der Waals surface area contributed by atoms with Gasteiger partial charge in [-0.1, -0.05) is 6.07 Å². The van der Waals surface area contributed by atoms with Gasteiger partial charge in [0, 0.05) is 0 Å². The maximum absolute atomic E-state index is 12.9. The van der Waals surface area contributed by atoms with Crippen LogP contribution in [0.15, 0.2) is 16.6 Å². The largest absolute Gasteiger partial charge is 0.394 e. The van der Waals surface area contributed by atoms with Crippen LogP contribution >= 0.6 is 15.9 Å². The Bertz CT molecular complexity index is 319.